The zero-order valence-electron chi connectivity index (χ0n) is 8.94. The summed E-state index contributed by atoms with van der Waals surface area (Å²) in [4.78, 5) is 2.90. The maximum absolute atomic E-state index is 5.76. The lowest BCUT2D eigenvalue weighted by Crippen LogP contribution is -2.34. The molecule has 0 bridgehead atoms. The lowest BCUT2D eigenvalue weighted by molar-refractivity contribution is 0.682. The van der Waals surface area contributed by atoms with Crippen LogP contribution in [0.15, 0.2) is 30.3 Å². The number of benzene rings is 1. The number of rotatable bonds is 4. The second-order valence-corrected chi connectivity index (χ2v) is 4.78. The van der Waals surface area contributed by atoms with Crippen molar-refractivity contribution in [1.82, 2.24) is 0 Å². The van der Waals surface area contributed by atoms with Gasteiger partial charge in [-0.1, -0.05) is 30.4 Å². The minimum Gasteiger partial charge on any atom is -0.393 e. The van der Waals surface area contributed by atoms with Crippen LogP contribution < -0.4 is 10.6 Å². The molecule has 0 atom stereocenters. The molecule has 1 aliphatic rings. The minimum atomic E-state index is 0.111. The zero-order valence-corrected chi connectivity index (χ0v) is 9.76. The Balaban J connectivity index is 2.05. The summed E-state index contributed by atoms with van der Waals surface area (Å²) in [6.07, 6.45) is 2.28. The van der Waals surface area contributed by atoms with E-state index in [9.17, 15) is 0 Å². The second-order valence-electron chi connectivity index (χ2n) is 4.34. The number of thiocarbonyl (C=S) groups is 1. The highest BCUT2D eigenvalue weighted by molar-refractivity contribution is 7.80. The number of hydrogen-bond donors (Lipinski definition) is 1. The third-order valence-corrected chi connectivity index (χ3v) is 3.55. The normalized spacial score (nSPS) is 17.1. The standard InChI is InChI=1S/C12H16N2S/c1-14(10-5-3-2-4-6-10)9-12(7-8-12)11(13)15/h2-6H,7-9H2,1H3,(H2,13,15). The molecule has 0 aromatic heterocycles. The van der Waals surface area contributed by atoms with Crippen LogP contribution in [0.1, 0.15) is 12.8 Å². The van der Waals surface area contributed by atoms with E-state index >= 15 is 0 Å². The van der Waals surface area contributed by atoms with E-state index in [0.717, 1.165) is 19.4 Å². The predicted molar refractivity (Wildman–Crippen MR) is 68.2 cm³/mol. The molecule has 0 spiro atoms. The number of para-hydroxylation sites is 1. The topological polar surface area (TPSA) is 29.3 Å². The highest BCUT2D eigenvalue weighted by Gasteiger charge is 2.46. The number of nitrogens with zero attached hydrogens (tertiary/aromatic N) is 1. The summed E-state index contributed by atoms with van der Waals surface area (Å²) < 4.78 is 0. The van der Waals surface area contributed by atoms with Crippen molar-refractivity contribution in [3.05, 3.63) is 30.3 Å². The summed E-state index contributed by atoms with van der Waals surface area (Å²) in [5.41, 5.74) is 7.10. The van der Waals surface area contributed by atoms with Crippen molar-refractivity contribution in [3.63, 3.8) is 0 Å². The van der Waals surface area contributed by atoms with Crippen LogP contribution in [0.2, 0.25) is 0 Å². The number of nitrogens with two attached hydrogens (primary N) is 1. The van der Waals surface area contributed by atoms with Crippen molar-refractivity contribution in [2.24, 2.45) is 11.1 Å². The van der Waals surface area contributed by atoms with E-state index in [4.69, 9.17) is 18.0 Å². The first-order chi connectivity index (χ1) is 7.14. The molecule has 1 fully saturated rings. The average molecular weight is 220 g/mol. The van der Waals surface area contributed by atoms with Gasteiger partial charge in [0.2, 0.25) is 0 Å². The number of anilines is 1. The van der Waals surface area contributed by atoms with Gasteiger partial charge in [0, 0.05) is 24.7 Å². The van der Waals surface area contributed by atoms with E-state index in [1.807, 2.05) is 18.2 Å². The lowest BCUT2D eigenvalue weighted by atomic mass is 10.1. The summed E-state index contributed by atoms with van der Waals surface area (Å²) in [7, 11) is 2.09. The first kappa shape index (κ1) is 10.4. The molecule has 0 heterocycles. The quantitative estimate of drug-likeness (QED) is 0.789. The molecule has 15 heavy (non-hydrogen) atoms. The van der Waals surface area contributed by atoms with Crippen LogP contribution in [0.5, 0.6) is 0 Å². The molecule has 0 saturated heterocycles. The van der Waals surface area contributed by atoms with E-state index in [2.05, 4.69) is 24.1 Å². The molecule has 80 valence electrons. The van der Waals surface area contributed by atoms with Gasteiger partial charge in [-0.3, -0.25) is 0 Å². The summed E-state index contributed by atoms with van der Waals surface area (Å²) in [6.45, 7) is 0.937. The third kappa shape index (κ3) is 2.12. The van der Waals surface area contributed by atoms with Gasteiger partial charge in [-0.2, -0.15) is 0 Å². The monoisotopic (exact) mass is 220 g/mol. The predicted octanol–water partition coefficient (Wildman–Crippen LogP) is 2.19. The third-order valence-electron chi connectivity index (χ3n) is 3.11. The molecule has 0 aliphatic heterocycles. The summed E-state index contributed by atoms with van der Waals surface area (Å²) in [5.74, 6) is 0. The van der Waals surface area contributed by atoms with Crippen molar-refractivity contribution in [1.29, 1.82) is 0 Å². The molecule has 1 saturated carbocycles. The van der Waals surface area contributed by atoms with Crippen molar-refractivity contribution in [2.75, 3.05) is 18.5 Å². The Hall–Kier alpha value is -1.09. The van der Waals surface area contributed by atoms with Gasteiger partial charge < -0.3 is 10.6 Å². The molecule has 0 amide bonds. The van der Waals surface area contributed by atoms with Gasteiger partial charge in [-0.25, -0.2) is 0 Å². The smallest absolute Gasteiger partial charge is 0.0807 e. The Morgan fingerprint density at radius 3 is 2.47 bits per heavy atom. The largest absolute Gasteiger partial charge is 0.393 e. The minimum absolute atomic E-state index is 0.111. The Labute approximate surface area is 96.1 Å². The van der Waals surface area contributed by atoms with Crippen LogP contribution in [0.3, 0.4) is 0 Å². The zero-order chi connectivity index (χ0) is 10.9. The van der Waals surface area contributed by atoms with E-state index in [1.165, 1.54) is 5.69 Å². The Morgan fingerprint density at radius 2 is 2.00 bits per heavy atom. The van der Waals surface area contributed by atoms with Gasteiger partial charge >= 0.3 is 0 Å². The van der Waals surface area contributed by atoms with Gasteiger partial charge in [0.05, 0.1) is 4.99 Å². The van der Waals surface area contributed by atoms with Crippen LogP contribution >= 0.6 is 12.2 Å². The molecular formula is C12H16N2S. The maximum Gasteiger partial charge on any atom is 0.0807 e. The maximum atomic E-state index is 5.76. The van der Waals surface area contributed by atoms with Crippen LogP contribution in [0.25, 0.3) is 0 Å². The lowest BCUT2D eigenvalue weighted by Gasteiger charge is -2.24. The van der Waals surface area contributed by atoms with Gasteiger partial charge in [-0.05, 0) is 25.0 Å². The summed E-state index contributed by atoms with van der Waals surface area (Å²) in [6, 6.07) is 10.3. The van der Waals surface area contributed by atoms with Crippen LogP contribution in [0.4, 0.5) is 5.69 Å². The van der Waals surface area contributed by atoms with E-state index < -0.39 is 0 Å². The SMILES string of the molecule is CN(CC1(C(N)=S)CC1)c1ccccc1. The highest BCUT2D eigenvalue weighted by Crippen LogP contribution is 2.46. The molecule has 1 aromatic rings. The molecule has 2 N–H and O–H groups in total. The summed E-state index contributed by atoms with van der Waals surface area (Å²) >= 11 is 5.11. The summed E-state index contributed by atoms with van der Waals surface area (Å²) in [5, 5.41) is 0. The number of hydrogen-bond acceptors (Lipinski definition) is 2. The molecule has 3 heteroatoms. The van der Waals surface area contributed by atoms with Crippen molar-refractivity contribution in [3.8, 4) is 0 Å². The van der Waals surface area contributed by atoms with Gasteiger partial charge in [0.1, 0.15) is 0 Å². The Kier molecular flexibility index (Phi) is 2.65. The van der Waals surface area contributed by atoms with Crippen LogP contribution in [-0.2, 0) is 0 Å². The fourth-order valence-corrected chi connectivity index (χ4v) is 2.13. The molecule has 2 rings (SSSR count). The van der Waals surface area contributed by atoms with Crippen molar-refractivity contribution < 1.29 is 0 Å². The van der Waals surface area contributed by atoms with Gasteiger partial charge in [0.15, 0.2) is 0 Å². The first-order valence-corrected chi connectivity index (χ1v) is 5.61. The fourth-order valence-electron chi connectivity index (χ4n) is 1.86. The van der Waals surface area contributed by atoms with Crippen molar-refractivity contribution in [2.45, 2.75) is 12.8 Å². The molecular weight excluding hydrogens is 204 g/mol. The highest BCUT2D eigenvalue weighted by atomic mass is 32.1. The van der Waals surface area contributed by atoms with Gasteiger partial charge in [0.25, 0.3) is 0 Å². The fraction of sp³-hybridized carbons (Fsp3) is 0.417. The average Bonchev–Trinajstić information content (AvgIpc) is 3.00. The molecule has 1 aromatic carbocycles. The van der Waals surface area contributed by atoms with Gasteiger partial charge in [-0.15, -0.1) is 0 Å². The Bertz CT molecular complexity index is 357. The van der Waals surface area contributed by atoms with E-state index in [0.29, 0.717) is 4.99 Å². The van der Waals surface area contributed by atoms with E-state index in [1.54, 1.807) is 0 Å². The van der Waals surface area contributed by atoms with Crippen LogP contribution in [0, 0.1) is 5.41 Å². The molecule has 1 aliphatic carbocycles. The van der Waals surface area contributed by atoms with E-state index in [-0.39, 0.29) is 5.41 Å². The van der Waals surface area contributed by atoms with Crippen LogP contribution in [-0.4, -0.2) is 18.6 Å². The molecule has 2 nitrogen and oxygen atoms in total. The first-order valence-electron chi connectivity index (χ1n) is 5.20. The molecule has 0 unspecified atom stereocenters. The van der Waals surface area contributed by atoms with Crippen molar-refractivity contribution >= 4 is 22.9 Å². The second kappa shape index (κ2) is 3.81. The molecule has 0 radical (unpaired) electrons. The Morgan fingerprint density at radius 1 is 1.40 bits per heavy atom.